The molecule has 9 unspecified atom stereocenters. The fourth-order valence-electron chi connectivity index (χ4n) is 22.3. The van der Waals surface area contributed by atoms with Gasteiger partial charge < -0.3 is 37.5 Å². The number of likely N-dealkylation sites (N-methyl/N-ethyl adjacent to an activating group) is 3. The molecule has 15 heterocycles. The zero-order valence-corrected chi connectivity index (χ0v) is 82.0. The number of Topliss-reactive ketones (excluding diaryl/α,β-unsaturated/α-hetero) is 1. The lowest BCUT2D eigenvalue weighted by atomic mass is 9.83. The number of aromatic amines is 1. The Kier molecular flexibility index (Phi) is 34.2. The van der Waals surface area contributed by atoms with Crippen molar-refractivity contribution in [2.75, 3.05) is 90.3 Å². The Labute approximate surface area is 729 Å². The normalized spacial score (nSPS) is 28.1. The number of quaternary nitrogens is 4. The Morgan fingerprint density at radius 1 is 0.450 bits per heavy atom. The van der Waals surface area contributed by atoms with Crippen LogP contribution in [0.5, 0.6) is 0 Å². The van der Waals surface area contributed by atoms with Crippen molar-refractivity contribution in [1.82, 2.24) is 29.2 Å². The maximum atomic E-state index is 12.2. The Morgan fingerprint density at radius 3 is 1.33 bits per heavy atom. The predicted octanol–water partition coefficient (Wildman–Crippen LogP) is 14.6. The number of pyridine rings is 1. The summed E-state index contributed by atoms with van der Waals surface area (Å²) in [6.45, 7) is 69.7. The number of nitrogens with zero attached hydrogens (tertiary/aromatic N) is 14. The summed E-state index contributed by atoms with van der Waals surface area (Å²) in [5, 5.41) is 0. The number of fused-ring (bicyclic) bond motifs is 12. The Balaban J connectivity index is 0.000000174. The van der Waals surface area contributed by atoms with Gasteiger partial charge >= 0.3 is 5.95 Å². The summed E-state index contributed by atoms with van der Waals surface area (Å²) in [4.78, 5) is 100. The first-order valence-corrected chi connectivity index (χ1v) is 48.0. The van der Waals surface area contributed by atoms with Crippen LogP contribution in [-0.4, -0.2) is 241 Å². The molecule has 0 saturated carbocycles. The fourth-order valence-corrected chi connectivity index (χ4v) is 22.3. The van der Waals surface area contributed by atoms with Crippen molar-refractivity contribution in [1.29, 1.82) is 0 Å². The first-order chi connectivity index (χ1) is 56.0. The Hall–Kier alpha value is -6.10. The average Bonchev–Trinajstić information content (AvgIpc) is 1.74. The highest BCUT2D eigenvalue weighted by molar-refractivity contribution is 5.95. The maximum Gasteiger partial charge on any atom is 0.367 e. The van der Waals surface area contributed by atoms with E-state index in [2.05, 4.69) is 194 Å². The molecule has 22 nitrogen and oxygen atoms in total. The largest absolute Gasteiger partial charge is 0.367 e. The highest BCUT2D eigenvalue weighted by Gasteiger charge is 2.57. The van der Waals surface area contributed by atoms with Gasteiger partial charge in [0.15, 0.2) is 24.1 Å². The third-order valence-electron chi connectivity index (χ3n) is 31.2. The first-order valence-electron chi connectivity index (χ1n) is 48.0. The minimum Gasteiger partial charge on any atom is -0.334 e. The summed E-state index contributed by atoms with van der Waals surface area (Å²) in [5.74, 6) is 5.75. The van der Waals surface area contributed by atoms with Crippen LogP contribution >= 0.6 is 0 Å². The molecule has 120 heavy (non-hydrogen) atoms. The van der Waals surface area contributed by atoms with Crippen LogP contribution in [0, 0.1) is 47.3 Å². The van der Waals surface area contributed by atoms with Gasteiger partial charge in [-0.15, -0.1) is 0 Å². The molecule has 0 radical (unpaired) electrons. The van der Waals surface area contributed by atoms with Crippen molar-refractivity contribution in [3.63, 3.8) is 0 Å². The molecular weight excluding hydrogens is 1500 g/mol. The first kappa shape index (κ1) is 99.3. The molecule has 678 valence electrons. The molecule has 6 amide bonds. The van der Waals surface area contributed by atoms with Gasteiger partial charge in [0.05, 0.1) is 154 Å². The quantitative estimate of drug-likeness (QED) is 0.110. The number of H-pyrrole nitrogens is 1. The minimum atomic E-state index is 0.0528. The molecule has 1 N–H and O–H groups in total. The molecule has 3 aromatic rings. The molecule has 12 aliphatic rings. The molecule has 9 fully saturated rings. The molecule has 0 spiro atoms. The Bertz CT molecular complexity index is 3870. The number of piperazine rings is 3. The van der Waals surface area contributed by atoms with Crippen molar-refractivity contribution in [2.45, 2.75) is 394 Å². The highest BCUT2D eigenvalue weighted by atomic mass is 16.2. The number of nitrogens with one attached hydrogen (secondary N) is 1. The maximum absolute atomic E-state index is 12.2. The molecule has 0 aromatic carbocycles. The smallest absolute Gasteiger partial charge is 0.334 e. The number of carbonyl (C=O) groups excluding carboxylic acids is 7. The second kappa shape index (κ2) is 41.4. The van der Waals surface area contributed by atoms with Gasteiger partial charge in [-0.3, -0.25) is 38.5 Å². The number of piperidine rings is 4. The van der Waals surface area contributed by atoms with Gasteiger partial charge in [-0.25, -0.2) is 23.3 Å². The molecule has 15 rings (SSSR count). The number of likely N-dealkylation sites (tertiary alicyclic amines) is 2. The third kappa shape index (κ3) is 21.7. The van der Waals surface area contributed by atoms with Gasteiger partial charge in [0.25, 0.3) is 5.91 Å². The minimum absolute atomic E-state index is 0.0528. The number of amides is 6. The van der Waals surface area contributed by atoms with Crippen molar-refractivity contribution in [2.24, 2.45) is 47.3 Å². The van der Waals surface area contributed by atoms with E-state index in [1.807, 2.05) is 118 Å². The van der Waals surface area contributed by atoms with Crippen molar-refractivity contribution < 1.29 is 65.2 Å². The van der Waals surface area contributed by atoms with Crippen molar-refractivity contribution in [3.8, 4) is 0 Å². The SMILES string of the molecule is CC(C)C(=O)CC1CC2CCC(C1)[N+]2(C)C(C)C.CC(C)C(=O)N1CC2CCC(C1)[N+]2(C)C(C)C.CC(C)C(=O)N1CC2CCC1C[N+]2(C)C(C)C.CC(C)C(=O)N1CC2CCCC(C1)[N+]2(C)C(C)C.CC(C)C(=O)N1CCC[n+]2ccn(C(C)C)c21.CC(C)C(=O)N1CCc2c1[nH]c[n+]2C(C)C.CC(C)C(=O)N1Cc2cc[n+](C(C)C)cc2C1. The second-order valence-corrected chi connectivity index (χ2v) is 43.2. The van der Waals surface area contributed by atoms with E-state index in [0.717, 1.165) is 126 Å². The highest BCUT2D eigenvalue weighted by Crippen LogP contribution is 2.47. The molecule has 0 aliphatic carbocycles. The second-order valence-electron chi connectivity index (χ2n) is 43.2. The van der Waals surface area contributed by atoms with Crippen LogP contribution < -0.4 is 23.5 Å². The summed E-state index contributed by atoms with van der Waals surface area (Å²) in [6.07, 6.45) is 27.6. The zero-order valence-electron chi connectivity index (χ0n) is 82.0. The number of aryl methyl sites for hydroxylation is 1. The number of hydrogen-bond acceptors (Lipinski definition) is 7. The fraction of sp³-hybridized carbons (Fsp3) is 0.816. The third-order valence-corrected chi connectivity index (χ3v) is 31.2. The average molecular weight is 1680 g/mol. The van der Waals surface area contributed by atoms with E-state index in [-0.39, 0.29) is 59.1 Å². The van der Waals surface area contributed by atoms with Crippen LogP contribution in [0.3, 0.4) is 0 Å². The van der Waals surface area contributed by atoms with E-state index in [4.69, 9.17) is 0 Å². The van der Waals surface area contributed by atoms with Crippen LogP contribution in [0.15, 0.2) is 37.2 Å². The number of carbonyl (C=O) groups is 7. The number of aromatic nitrogens is 5. The number of anilines is 2. The van der Waals surface area contributed by atoms with Crippen molar-refractivity contribution >= 4 is 53.0 Å². The van der Waals surface area contributed by atoms with E-state index < -0.39 is 0 Å². The zero-order chi connectivity index (χ0) is 89.6. The molecule has 12 aliphatic heterocycles. The molecule has 9 atom stereocenters. The van der Waals surface area contributed by atoms with Crippen molar-refractivity contribution in [3.05, 3.63) is 54.0 Å². The van der Waals surface area contributed by atoms with Crippen LogP contribution in [-0.2, 0) is 59.6 Å². The molecule has 22 heteroatoms. The van der Waals surface area contributed by atoms with Gasteiger partial charge in [-0.2, -0.15) is 4.90 Å². The number of ketones is 1. The lowest BCUT2D eigenvalue weighted by Gasteiger charge is -2.58. The monoisotopic (exact) mass is 1680 g/mol. The summed E-state index contributed by atoms with van der Waals surface area (Å²) in [7, 11) is 9.63. The van der Waals surface area contributed by atoms with Gasteiger partial charge in [-0.1, -0.05) is 96.9 Å². The van der Waals surface area contributed by atoms with Crippen LogP contribution in [0.4, 0.5) is 11.8 Å². The van der Waals surface area contributed by atoms with E-state index in [1.54, 1.807) is 0 Å². The van der Waals surface area contributed by atoms with Gasteiger partial charge in [0.2, 0.25) is 41.7 Å². The summed E-state index contributed by atoms with van der Waals surface area (Å²) in [6, 6.07) is 11.6. The lowest BCUT2D eigenvalue weighted by Crippen LogP contribution is -2.73. The van der Waals surface area contributed by atoms with E-state index in [1.165, 1.54) is 101 Å². The molecule has 3 aromatic heterocycles. The molecular formula is C98H176N15O7+7. The van der Waals surface area contributed by atoms with Gasteiger partial charge in [-0.05, 0) is 121 Å². The number of rotatable bonds is 16. The van der Waals surface area contributed by atoms with E-state index in [9.17, 15) is 33.6 Å². The number of hydrogen-bond donors (Lipinski definition) is 1. The molecule has 8 bridgehead atoms. The summed E-state index contributed by atoms with van der Waals surface area (Å²) >= 11 is 0. The lowest BCUT2D eigenvalue weighted by molar-refractivity contribution is -0.983. The van der Waals surface area contributed by atoms with Crippen LogP contribution in [0.1, 0.15) is 312 Å². The Morgan fingerprint density at radius 2 is 0.900 bits per heavy atom. The van der Waals surface area contributed by atoms with E-state index in [0.29, 0.717) is 102 Å². The van der Waals surface area contributed by atoms with Gasteiger partial charge in [0, 0.05) is 143 Å². The van der Waals surface area contributed by atoms with Crippen LogP contribution in [0.25, 0.3) is 0 Å². The van der Waals surface area contributed by atoms with Gasteiger partial charge in [0.1, 0.15) is 36.0 Å². The topological polar surface area (TPSA) is 171 Å². The molecule has 9 saturated heterocycles. The standard InChI is InChI=1S/C16H30NO.C15H29N2O.2C14H27N2O.C14H21N2O.C13H22N3O.C12H19N3O/c1-11(2)16(18)10-13-8-14-6-7-15(9-13)17(14,5)12(3)4;1-11(2)15(18)16-9-13-7-6-8-14(10-16)17(13,5)12(3)4;1-10(2)14(17)15-8-13-7-6-12(15)9-16(13,5)11(3)4;1-10(2)14(17)15-8-12-6-7-13(9-15)16(12,5)11(3)4;1-10(2)14(17)16-7-12-5-6-15(11(3)4)8-13(12)9-16;1-10(2)12(17)16-7-5-6-14-8-9-15(11(3)4)13(14)16;1-8(2)12(16)14-6-5-10-11(14)13-7-15(10)9(3)4/h11-15H,6-10H2,1-5H3;11-14H,6-10H2,1-5H3;2*10-13H,6-9H2,1-5H3;5-6,8,10-11H,7,9H2,1-4H3;8-11H,5-7H2,1-4H3;7-9H,5-6H2,1-4H3/q6*+1;/p+1. The van der Waals surface area contributed by atoms with Crippen LogP contribution in [0.2, 0.25) is 0 Å². The number of imidazole rings is 2. The summed E-state index contributed by atoms with van der Waals surface area (Å²) in [5.41, 5.74) is 3.83. The van der Waals surface area contributed by atoms with E-state index >= 15 is 0 Å². The summed E-state index contributed by atoms with van der Waals surface area (Å²) < 4.78 is 13.6. The predicted molar refractivity (Wildman–Crippen MR) is 484 cm³/mol.